The van der Waals surface area contributed by atoms with Crippen LogP contribution in [-0.4, -0.2) is 12.1 Å². The van der Waals surface area contributed by atoms with Crippen molar-refractivity contribution in [1.82, 2.24) is 4.98 Å². The summed E-state index contributed by atoms with van der Waals surface area (Å²) in [5.41, 5.74) is 8.96. The molecule has 0 amide bonds. The van der Waals surface area contributed by atoms with Gasteiger partial charge in [-0.25, -0.2) is 9.37 Å². The number of methoxy groups -OCH3 is 1. The topological polar surface area (TPSA) is 48.1 Å². The molecular formula is C15H17FN2O. The number of ether oxygens (including phenoxy) is 1. The van der Waals surface area contributed by atoms with Gasteiger partial charge in [-0.3, -0.25) is 0 Å². The van der Waals surface area contributed by atoms with E-state index in [2.05, 4.69) is 4.98 Å². The quantitative estimate of drug-likeness (QED) is 0.919. The third-order valence-electron chi connectivity index (χ3n) is 3.10. The Morgan fingerprint density at radius 3 is 2.74 bits per heavy atom. The molecule has 0 radical (unpaired) electrons. The van der Waals surface area contributed by atoms with Gasteiger partial charge in [0.1, 0.15) is 5.82 Å². The minimum Gasteiger partial charge on any atom is -0.481 e. The highest BCUT2D eigenvalue weighted by molar-refractivity contribution is 5.31. The van der Waals surface area contributed by atoms with Gasteiger partial charge in [-0.2, -0.15) is 0 Å². The average Bonchev–Trinajstić information content (AvgIpc) is 2.42. The fourth-order valence-corrected chi connectivity index (χ4v) is 2.03. The van der Waals surface area contributed by atoms with Crippen LogP contribution in [0.3, 0.4) is 0 Å². The molecule has 0 aliphatic carbocycles. The summed E-state index contributed by atoms with van der Waals surface area (Å²) < 4.78 is 18.3. The van der Waals surface area contributed by atoms with Crippen molar-refractivity contribution in [3.63, 3.8) is 0 Å². The van der Waals surface area contributed by atoms with E-state index in [1.807, 2.05) is 13.0 Å². The molecule has 0 bridgehead atoms. The number of hydrogen-bond donors (Lipinski definition) is 1. The molecule has 0 aliphatic heterocycles. The second kappa shape index (κ2) is 5.80. The van der Waals surface area contributed by atoms with Gasteiger partial charge in [-0.1, -0.05) is 12.1 Å². The lowest BCUT2D eigenvalue weighted by molar-refractivity contribution is 0.397. The van der Waals surface area contributed by atoms with E-state index in [0.717, 1.165) is 16.7 Å². The molecule has 4 heteroatoms. The average molecular weight is 260 g/mol. The van der Waals surface area contributed by atoms with Gasteiger partial charge in [0.25, 0.3) is 0 Å². The number of nitrogens with zero attached hydrogens (tertiary/aromatic N) is 1. The first-order chi connectivity index (χ1) is 9.10. The molecule has 2 rings (SSSR count). The van der Waals surface area contributed by atoms with E-state index in [4.69, 9.17) is 10.5 Å². The van der Waals surface area contributed by atoms with Crippen LogP contribution in [-0.2, 0) is 6.42 Å². The molecule has 1 atom stereocenters. The number of benzene rings is 1. The molecule has 100 valence electrons. The van der Waals surface area contributed by atoms with Crippen molar-refractivity contribution in [2.45, 2.75) is 19.4 Å². The van der Waals surface area contributed by atoms with E-state index in [1.165, 1.54) is 12.1 Å². The van der Waals surface area contributed by atoms with Crippen LogP contribution in [0.2, 0.25) is 0 Å². The monoisotopic (exact) mass is 260 g/mol. The molecule has 0 fully saturated rings. The zero-order valence-corrected chi connectivity index (χ0v) is 11.1. The van der Waals surface area contributed by atoms with Crippen molar-refractivity contribution in [3.05, 3.63) is 59.0 Å². The fraction of sp³-hybridized carbons (Fsp3) is 0.267. The second-order valence-electron chi connectivity index (χ2n) is 4.52. The van der Waals surface area contributed by atoms with Crippen molar-refractivity contribution in [1.29, 1.82) is 0 Å². The first kappa shape index (κ1) is 13.5. The molecule has 3 nitrogen and oxygen atoms in total. The molecule has 1 unspecified atom stereocenters. The van der Waals surface area contributed by atoms with Crippen LogP contribution in [0, 0.1) is 12.7 Å². The lowest BCUT2D eigenvalue weighted by atomic mass is 9.97. The molecule has 1 heterocycles. The van der Waals surface area contributed by atoms with Gasteiger partial charge in [-0.15, -0.1) is 0 Å². The predicted octanol–water partition coefficient (Wildman–Crippen LogP) is 2.78. The maximum atomic E-state index is 13.3. The minimum atomic E-state index is -0.260. The highest BCUT2D eigenvalue weighted by Crippen LogP contribution is 2.21. The smallest absolute Gasteiger partial charge is 0.212 e. The molecule has 2 N–H and O–H groups in total. The number of nitrogens with two attached hydrogens (primary N) is 1. The number of hydrogen-bond acceptors (Lipinski definition) is 3. The maximum Gasteiger partial charge on any atom is 0.212 e. The number of aryl methyl sites for hydroxylation is 1. The summed E-state index contributed by atoms with van der Waals surface area (Å²) in [5.74, 6) is 0.308. The van der Waals surface area contributed by atoms with Crippen molar-refractivity contribution >= 4 is 0 Å². The first-order valence-corrected chi connectivity index (χ1v) is 6.10. The van der Waals surface area contributed by atoms with E-state index in [0.29, 0.717) is 12.3 Å². The maximum absolute atomic E-state index is 13.3. The lowest BCUT2D eigenvalue weighted by Gasteiger charge is -2.15. The van der Waals surface area contributed by atoms with E-state index in [9.17, 15) is 4.39 Å². The summed E-state index contributed by atoms with van der Waals surface area (Å²) in [6, 6.07) is 8.15. The minimum absolute atomic E-state index is 0.245. The summed E-state index contributed by atoms with van der Waals surface area (Å²) in [6.45, 7) is 1.93. The molecule has 0 saturated heterocycles. The van der Waals surface area contributed by atoms with Gasteiger partial charge in [0.05, 0.1) is 7.11 Å². The highest BCUT2D eigenvalue weighted by Gasteiger charge is 2.11. The summed E-state index contributed by atoms with van der Waals surface area (Å²) in [7, 11) is 1.57. The van der Waals surface area contributed by atoms with Crippen LogP contribution < -0.4 is 10.5 Å². The van der Waals surface area contributed by atoms with Gasteiger partial charge in [0.15, 0.2) is 0 Å². The number of halogens is 1. The zero-order valence-electron chi connectivity index (χ0n) is 11.1. The van der Waals surface area contributed by atoms with Gasteiger partial charge in [-0.05, 0) is 42.2 Å². The SMILES string of the molecule is COc1ccc(CC(N)c2cc(F)ccc2C)cn1. The van der Waals surface area contributed by atoms with Crippen LogP contribution in [0.15, 0.2) is 36.5 Å². The molecule has 0 aliphatic rings. The van der Waals surface area contributed by atoms with Gasteiger partial charge < -0.3 is 10.5 Å². The zero-order chi connectivity index (χ0) is 13.8. The van der Waals surface area contributed by atoms with E-state index < -0.39 is 0 Å². The van der Waals surface area contributed by atoms with Gasteiger partial charge in [0, 0.05) is 18.3 Å². The number of rotatable bonds is 4. The Balaban J connectivity index is 2.15. The largest absolute Gasteiger partial charge is 0.481 e. The number of aromatic nitrogens is 1. The molecule has 1 aromatic heterocycles. The van der Waals surface area contributed by atoms with Crippen LogP contribution in [0.5, 0.6) is 5.88 Å². The fourth-order valence-electron chi connectivity index (χ4n) is 2.03. The molecule has 0 saturated carbocycles. The Kier molecular flexibility index (Phi) is 4.12. The lowest BCUT2D eigenvalue weighted by Crippen LogP contribution is -2.15. The van der Waals surface area contributed by atoms with Crippen molar-refractivity contribution in [2.75, 3.05) is 7.11 Å². The van der Waals surface area contributed by atoms with Crippen LogP contribution in [0.1, 0.15) is 22.7 Å². The Hall–Kier alpha value is -1.94. The highest BCUT2D eigenvalue weighted by atomic mass is 19.1. The third kappa shape index (κ3) is 3.29. The van der Waals surface area contributed by atoms with Crippen molar-refractivity contribution < 1.29 is 9.13 Å². The van der Waals surface area contributed by atoms with Crippen molar-refractivity contribution in [2.24, 2.45) is 5.73 Å². The molecule has 1 aromatic carbocycles. The van der Waals surface area contributed by atoms with E-state index in [1.54, 1.807) is 25.4 Å². The van der Waals surface area contributed by atoms with Gasteiger partial charge >= 0.3 is 0 Å². The Bertz CT molecular complexity index is 555. The standard InChI is InChI=1S/C15H17FN2O/c1-10-3-5-12(16)8-13(10)14(17)7-11-4-6-15(19-2)18-9-11/h3-6,8-9,14H,7,17H2,1-2H3. The van der Waals surface area contributed by atoms with Gasteiger partial charge in [0.2, 0.25) is 5.88 Å². The van der Waals surface area contributed by atoms with E-state index in [-0.39, 0.29) is 11.9 Å². The second-order valence-corrected chi connectivity index (χ2v) is 4.52. The van der Waals surface area contributed by atoms with Crippen LogP contribution >= 0.6 is 0 Å². The summed E-state index contributed by atoms with van der Waals surface area (Å²) in [5, 5.41) is 0. The Morgan fingerprint density at radius 1 is 1.32 bits per heavy atom. The summed E-state index contributed by atoms with van der Waals surface area (Å²) >= 11 is 0. The van der Waals surface area contributed by atoms with Crippen molar-refractivity contribution in [3.8, 4) is 5.88 Å². The summed E-state index contributed by atoms with van der Waals surface area (Å²) in [4.78, 5) is 4.13. The number of pyridine rings is 1. The molecule has 2 aromatic rings. The predicted molar refractivity (Wildman–Crippen MR) is 72.6 cm³/mol. The normalized spacial score (nSPS) is 12.2. The molecule has 19 heavy (non-hydrogen) atoms. The first-order valence-electron chi connectivity index (χ1n) is 6.10. The Labute approximate surface area is 112 Å². The van der Waals surface area contributed by atoms with E-state index >= 15 is 0 Å². The summed E-state index contributed by atoms with van der Waals surface area (Å²) in [6.07, 6.45) is 2.34. The molecular weight excluding hydrogens is 243 g/mol. The van der Waals surface area contributed by atoms with Crippen LogP contribution in [0.25, 0.3) is 0 Å². The Morgan fingerprint density at radius 2 is 2.11 bits per heavy atom. The molecule has 0 spiro atoms. The third-order valence-corrected chi connectivity index (χ3v) is 3.10. The van der Waals surface area contributed by atoms with Crippen LogP contribution in [0.4, 0.5) is 4.39 Å².